The SMILES string of the molecule is CC(C)C1CCCN(C(=O)c2cccc(I)c2)CC1. The second-order valence-electron chi connectivity index (χ2n) is 5.74. The molecule has 0 saturated carbocycles. The lowest BCUT2D eigenvalue weighted by atomic mass is 9.89. The maximum absolute atomic E-state index is 12.5. The molecular weight excluding hydrogens is 349 g/mol. The molecule has 1 aliphatic heterocycles. The van der Waals surface area contributed by atoms with E-state index in [4.69, 9.17) is 0 Å². The average Bonchev–Trinajstić information content (AvgIpc) is 2.63. The molecule has 1 atom stereocenters. The Hall–Kier alpha value is -0.580. The van der Waals surface area contributed by atoms with E-state index in [1.165, 1.54) is 6.42 Å². The summed E-state index contributed by atoms with van der Waals surface area (Å²) in [7, 11) is 0. The fraction of sp³-hybridized carbons (Fsp3) is 0.562. The Bertz CT molecular complexity index is 444. The summed E-state index contributed by atoms with van der Waals surface area (Å²) in [5, 5.41) is 0. The zero-order chi connectivity index (χ0) is 13.8. The molecule has 0 spiro atoms. The molecule has 0 N–H and O–H groups in total. The molecule has 2 nitrogen and oxygen atoms in total. The van der Waals surface area contributed by atoms with Crippen LogP contribution in [0, 0.1) is 15.4 Å². The number of likely N-dealkylation sites (tertiary alicyclic amines) is 1. The number of hydrogen-bond acceptors (Lipinski definition) is 1. The van der Waals surface area contributed by atoms with Crippen molar-refractivity contribution in [2.45, 2.75) is 33.1 Å². The predicted molar refractivity (Wildman–Crippen MR) is 87.2 cm³/mol. The maximum atomic E-state index is 12.5. The number of carbonyl (C=O) groups excluding carboxylic acids is 1. The van der Waals surface area contributed by atoms with Gasteiger partial charge in [-0.25, -0.2) is 0 Å². The van der Waals surface area contributed by atoms with Gasteiger partial charge in [0.1, 0.15) is 0 Å². The molecule has 1 saturated heterocycles. The van der Waals surface area contributed by atoms with Gasteiger partial charge in [0.25, 0.3) is 5.91 Å². The van der Waals surface area contributed by atoms with Gasteiger partial charge in [-0.2, -0.15) is 0 Å². The molecule has 1 aliphatic rings. The molecule has 0 aromatic heterocycles. The molecule has 0 aliphatic carbocycles. The fourth-order valence-corrected chi connectivity index (χ4v) is 3.34. The molecule has 1 aromatic carbocycles. The summed E-state index contributed by atoms with van der Waals surface area (Å²) >= 11 is 2.26. The smallest absolute Gasteiger partial charge is 0.253 e. The first-order valence-corrected chi connectivity index (χ1v) is 8.20. The van der Waals surface area contributed by atoms with E-state index < -0.39 is 0 Å². The Morgan fingerprint density at radius 1 is 1.32 bits per heavy atom. The summed E-state index contributed by atoms with van der Waals surface area (Å²) in [6, 6.07) is 7.89. The molecule has 0 radical (unpaired) electrons. The third-order valence-corrected chi connectivity index (χ3v) is 4.75. The maximum Gasteiger partial charge on any atom is 0.253 e. The first-order chi connectivity index (χ1) is 9.08. The average molecular weight is 371 g/mol. The molecule has 1 unspecified atom stereocenters. The summed E-state index contributed by atoms with van der Waals surface area (Å²) < 4.78 is 1.12. The van der Waals surface area contributed by atoms with Crippen LogP contribution in [0.15, 0.2) is 24.3 Å². The van der Waals surface area contributed by atoms with Crippen molar-refractivity contribution in [1.82, 2.24) is 4.90 Å². The standard InChI is InChI=1S/C16H22INO/c1-12(2)13-6-4-9-18(10-8-13)16(19)14-5-3-7-15(17)11-14/h3,5,7,11-13H,4,6,8-10H2,1-2H3. The van der Waals surface area contributed by atoms with Gasteiger partial charge in [0.05, 0.1) is 0 Å². The van der Waals surface area contributed by atoms with E-state index >= 15 is 0 Å². The van der Waals surface area contributed by atoms with E-state index in [1.54, 1.807) is 0 Å². The van der Waals surface area contributed by atoms with Crippen LogP contribution in [0.25, 0.3) is 0 Å². The van der Waals surface area contributed by atoms with Gasteiger partial charge in [-0.3, -0.25) is 4.79 Å². The van der Waals surface area contributed by atoms with Gasteiger partial charge in [-0.15, -0.1) is 0 Å². The highest BCUT2D eigenvalue weighted by Crippen LogP contribution is 2.25. The summed E-state index contributed by atoms with van der Waals surface area (Å²) in [5.74, 6) is 1.70. The summed E-state index contributed by atoms with van der Waals surface area (Å²) in [4.78, 5) is 14.5. The molecule has 19 heavy (non-hydrogen) atoms. The molecular formula is C16H22INO. The van der Waals surface area contributed by atoms with Crippen LogP contribution in [-0.2, 0) is 0 Å². The minimum atomic E-state index is 0.197. The highest BCUT2D eigenvalue weighted by molar-refractivity contribution is 14.1. The first-order valence-electron chi connectivity index (χ1n) is 7.13. The normalized spacial score (nSPS) is 20.4. The van der Waals surface area contributed by atoms with Gasteiger partial charge >= 0.3 is 0 Å². The zero-order valence-electron chi connectivity index (χ0n) is 11.7. The van der Waals surface area contributed by atoms with Gasteiger partial charge in [-0.05, 0) is 71.9 Å². The van der Waals surface area contributed by atoms with Gasteiger partial charge in [0, 0.05) is 22.2 Å². The summed E-state index contributed by atoms with van der Waals surface area (Å²) in [6.45, 7) is 6.41. The second kappa shape index (κ2) is 6.73. The fourth-order valence-electron chi connectivity index (χ4n) is 2.80. The largest absolute Gasteiger partial charge is 0.339 e. The Balaban J connectivity index is 2.04. The lowest BCUT2D eigenvalue weighted by Gasteiger charge is -2.21. The number of hydrogen-bond donors (Lipinski definition) is 0. The van der Waals surface area contributed by atoms with Crippen molar-refractivity contribution in [3.05, 3.63) is 33.4 Å². The third-order valence-electron chi connectivity index (χ3n) is 4.07. The van der Waals surface area contributed by atoms with Crippen molar-refractivity contribution in [3.8, 4) is 0 Å². The van der Waals surface area contributed by atoms with Crippen LogP contribution >= 0.6 is 22.6 Å². The summed E-state index contributed by atoms with van der Waals surface area (Å²) in [6.07, 6.45) is 3.54. The van der Waals surface area contributed by atoms with E-state index in [2.05, 4.69) is 36.4 Å². The molecule has 1 amide bonds. The molecule has 1 heterocycles. The number of rotatable bonds is 2. The Kier molecular flexibility index (Phi) is 5.25. The highest BCUT2D eigenvalue weighted by Gasteiger charge is 2.23. The van der Waals surface area contributed by atoms with Crippen LogP contribution < -0.4 is 0 Å². The van der Waals surface area contributed by atoms with Gasteiger partial charge in [-0.1, -0.05) is 19.9 Å². The quantitative estimate of drug-likeness (QED) is 0.714. The topological polar surface area (TPSA) is 20.3 Å². The molecule has 104 valence electrons. The van der Waals surface area contributed by atoms with Crippen molar-refractivity contribution in [2.75, 3.05) is 13.1 Å². The lowest BCUT2D eigenvalue weighted by molar-refractivity contribution is 0.0758. The van der Waals surface area contributed by atoms with Gasteiger partial charge < -0.3 is 4.90 Å². The van der Waals surface area contributed by atoms with Crippen LogP contribution in [0.3, 0.4) is 0 Å². The van der Waals surface area contributed by atoms with Crippen molar-refractivity contribution in [2.24, 2.45) is 11.8 Å². The van der Waals surface area contributed by atoms with Crippen molar-refractivity contribution >= 4 is 28.5 Å². The van der Waals surface area contributed by atoms with E-state index in [9.17, 15) is 4.79 Å². The molecule has 0 bridgehead atoms. The summed E-state index contributed by atoms with van der Waals surface area (Å²) in [5.41, 5.74) is 0.829. The van der Waals surface area contributed by atoms with Crippen LogP contribution in [0.5, 0.6) is 0 Å². The van der Waals surface area contributed by atoms with Gasteiger partial charge in [0.2, 0.25) is 0 Å². The van der Waals surface area contributed by atoms with Crippen LogP contribution in [0.4, 0.5) is 0 Å². The highest BCUT2D eigenvalue weighted by atomic mass is 127. The molecule has 2 rings (SSSR count). The van der Waals surface area contributed by atoms with E-state index in [0.717, 1.165) is 46.9 Å². The number of halogens is 1. The van der Waals surface area contributed by atoms with Crippen LogP contribution in [-0.4, -0.2) is 23.9 Å². The van der Waals surface area contributed by atoms with Crippen molar-refractivity contribution in [1.29, 1.82) is 0 Å². The predicted octanol–water partition coefficient (Wildman–Crippen LogP) is 4.19. The van der Waals surface area contributed by atoms with Crippen LogP contribution in [0.1, 0.15) is 43.5 Å². The first kappa shape index (κ1) is 14.8. The molecule has 1 aromatic rings. The van der Waals surface area contributed by atoms with Crippen molar-refractivity contribution in [3.63, 3.8) is 0 Å². The Morgan fingerprint density at radius 3 is 2.79 bits per heavy atom. The Morgan fingerprint density at radius 2 is 2.11 bits per heavy atom. The minimum Gasteiger partial charge on any atom is -0.339 e. The number of nitrogens with zero attached hydrogens (tertiary/aromatic N) is 1. The minimum absolute atomic E-state index is 0.197. The molecule has 3 heteroatoms. The second-order valence-corrected chi connectivity index (χ2v) is 6.98. The van der Waals surface area contributed by atoms with Gasteiger partial charge in [0.15, 0.2) is 0 Å². The lowest BCUT2D eigenvalue weighted by Crippen LogP contribution is -2.32. The van der Waals surface area contributed by atoms with E-state index in [-0.39, 0.29) is 5.91 Å². The zero-order valence-corrected chi connectivity index (χ0v) is 13.9. The monoisotopic (exact) mass is 371 g/mol. The number of amides is 1. The third kappa shape index (κ3) is 3.94. The van der Waals surface area contributed by atoms with Crippen molar-refractivity contribution < 1.29 is 4.79 Å². The van der Waals surface area contributed by atoms with E-state index in [0.29, 0.717) is 0 Å². The molecule has 1 fully saturated rings. The Labute approximate surface area is 129 Å². The van der Waals surface area contributed by atoms with Crippen LogP contribution in [0.2, 0.25) is 0 Å². The number of carbonyl (C=O) groups is 1. The number of benzene rings is 1. The van der Waals surface area contributed by atoms with E-state index in [1.807, 2.05) is 29.2 Å².